The van der Waals surface area contributed by atoms with Crippen LogP contribution in [-0.2, 0) is 0 Å². The summed E-state index contributed by atoms with van der Waals surface area (Å²) in [4.78, 5) is 5.41. The highest BCUT2D eigenvalue weighted by Crippen LogP contribution is 2.22. The molecule has 0 amide bonds. The Morgan fingerprint density at radius 2 is 1.81 bits per heavy atom. The van der Waals surface area contributed by atoms with Gasteiger partial charge in [-0.2, -0.15) is 0 Å². The summed E-state index contributed by atoms with van der Waals surface area (Å²) in [6, 6.07) is 2.18. The largest absolute Gasteiger partial charge is 0.312 e. The zero-order chi connectivity index (χ0) is 15.7. The van der Waals surface area contributed by atoms with Gasteiger partial charge in [0.1, 0.15) is 0 Å². The molecule has 0 aliphatic carbocycles. The van der Waals surface area contributed by atoms with Crippen molar-refractivity contribution >= 4 is 0 Å². The third-order valence-electron chi connectivity index (χ3n) is 5.13. The van der Waals surface area contributed by atoms with E-state index in [1.807, 2.05) is 0 Å². The Bertz CT molecular complexity index is 253. The van der Waals surface area contributed by atoms with Gasteiger partial charge in [0.15, 0.2) is 0 Å². The topological polar surface area (TPSA) is 18.5 Å². The summed E-state index contributed by atoms with van der Waals surface area (Å²) in [5.74, 6) is 0. The highest BCUT2D eigenvalue weighted by Gasteiger charge is 2.33. The quantitative estimate of drug-likeness (QED) is 0.631. The van der Waals surface area contributed by atoms with E-state index in [1.54, 1.807) is 0 Å². The minimum absolute atomic E-state index is 0.676. The van der Waals surface area contributed by atoms with E-state index in [0.717, 1.165) is 18.6 Å². The molecule has 3 nitrogen and oxygen atoms in total. The van der Waals surface area contributed by atoms with E-state index < -0.39 is 0 Å². The second kappa shape index (κ2) is 10.6. The minimum atomic E-state index is 0.676. The highest BCUT2D eigenvalue weighted by molar-refractivity contribution is 4.91. The smallest absolute Gasteiger partial charge is 0.0247 e. The van der Waals surface area contributed by atoms with Crippen molar-refractivity contribution in [1.82, 2.24) is 15.1 Å². The van der Waals surface area contributed by atoms with Crippen molar-refractivity contribution in [2.75, 3.05) is 32.7 Å². The molecule has 0 aromatic heterocycles. The summed E-state index contributed by atoms with van der Waals surface area (Å²) in [7, 11) is 0. The predicted molar refractivity (Wildman–Crippen MR) is 94.0 cm³/mol. The van der Waals surface area contributed by atoms with Crippen LogP contribution in [-0.4, -0.2) is 60.6 Å². The van der Waals surface area contributed by atoms with Gasteiger partial charge in [-0.15, -0.1) is 0 Å². The average molecular weight is 298 g/mol. The molecule has 0 saturated carbocycles. The van der Waals surface area contributed by atoms with Crippen LogP contribution in [0.2, 0.25) is 0 Å². The number of hydrogen-bond acceptors (Lipinski definition) is 3. The summed E-state index contributed by atoms with van der Waals surface area (Å²) >= 11 is 0. The van der Waals surface area contributed by atoms with Crippen molar-refractivity contribution in [3.63, 3.8) is 0 Å². The van der Waals surface area contributed by atoms with E-state index in [0.29, 0.717) is 6.04 Å². The van der Waals surface area contributed by atoms with E-state index in [-0.39, 0.29) is 0 Å². The fraction of sp³-hybridized carbons (Fsp3) is 1.00. The lowest BCUT2D eigenvalue weighted by atomic mass is 9.99. The van der Waals surface area contributed by atoms with Crippen LogP contribution in [0.15, 0.2) is 0 Å². The molecule has 1 saturated heterocycles. The monoisotopic (exact) mass is 297 g/mol. The molecule has 0 aromatic rings. The molecule has 3 atom stereocenters. The Hall–Kier alpha value is -0.120. The first-order valence-electron chi connectivity index (χ1n) is 9.43. The van der Waals surface area contributed by atoms with Gasteiger partial charge in [-0.25, -0.2) is 0 Å². The van der Waals surface area contributed by atoms with Gasteiger partial charge in [-0.3, -0.25) is 9.80 Å². The van der Waals surface area contributed by atoms with Crippen LogP contribution in [0.5, 0.6) is 0 Å². The third-order valence-corrected chi connectivity index (χ3v) is 5.13. The molecule has 0 aromatic carbocycles. The fourth-order valence-corrected chi connectivity index (χ4v) is 3.98. The first-order valence-corrected chi connectivity index (χ1v) is 9.43. The fourth-order valence-electron chi connectivity index (χ4n) is 3.98. The van der Waals surface area contributed by atoms with E-state index in [4.69, 9.17) is 0 Å². The Labute approximate surface area is 133 Å². The number of hydrogen-bond donors (Lipinski definition) is 1. The lowest BCUT2D eigenvalue weighted by Gasteiger charge is -2.35. The normalized spacial score (nSPS) is 22.9. The third kappa shape index (κ3) is 5.54. The number of likely N-dealkylation sites (tertiary alicyclic amines) is 1. The second-order valence-corrected chi connectivity index (χ2v) is 6.48. The van der Waals surface area contributed by atoms with Gasteiger partial charge in [0, 0.05) is 31.2 Å². The maximum atomic E-state index is 3.82. The van der Waals surface area contributed by atoms with Crippen molar-refractivity contribution < 1.29 is 0 Å². The molecule has 21 heavy (non-hydrogen) atoms. The maximum absolute atomic E-state index is 3.82. The van der Waals surface area contributed by atoms with Crippen molar-refractivity contribution in [2.24, 2.45) is 0 Å². The molecule has 1 aliphatic rings. The van der Waals surface area contributed by atoms with Crippen LogP contribution in [0.4, 0.5) is 0 Å². The molecule has 126 valence electrons. The van der Waals surface area contributed by atoms with Crippen molar-refractivity contribution in [3.05, 3.63) is 0 Å². The van der Waals surface area contributed by atoms with Gasteiger partial charge >= 0.3 is 0 Å². The van der Waals surface area contributed by atoms with E-state index in [1.165, 1.54) is 58.3 Å². The second-order valence-electron chi connectivity index (χ2n) is 6.48. The van der Waals surface area contributed by atoms with Crippen molar-refractivity contribution in [3.8, 4) is 0 Å². The molecule has 1 aliphatic heterocycles. The summed E-state index contributed by atoms with van der Waals surface area (Å²) in [5, 5.41) is 3.82. The number of nitrogens with one attached hydrogen (secondary N) is 1. The molecule has 0 spiro atoms. The minimum Gasteiger partial charge on any atom is -0.312 e. The van der Waals surface area contributed by atoms with Gasteiger partial charge in [-0.05, 0) is 45.3 Å². The molecule has 0 bridgehead atoms. The lowest BCUT2D eigenvalue weighted by Crippen LogP contribution is -2.50. The van der Waals surface area contributed by atoms with Crippen LogP contribution in [0.25, 0.3) is 0 Å². The number of likely N-dealkylation sites (N-methyl/N-ethyl adjacent to an activating group) is 1. The SMILES string of the molecule is CCCNC(CCC)C(CC)N1CCC(N(CC)CC)C1. The van der Waals surface area contributed by atoms with Crippen LogP contribution in [0.3, 0.4) is 0 Å². The molecule has 0 radical (unpaired) electrons. The molecule has 1 N–H and O–H groups in total. The summed E-state index contributed by atoms with van der Waals surface area (Å²) in [5.41, 5.74) is 0. The molecule has 1 heterocycles. The van der Waals surface area contributed by atoms with Crippen LogP contribution < -0.4 is 5.32 Å². The van der Waals surface area contributed by atoms with Crippen LogP contribution in [0, 0.1) is 0 Å². The summed E-state index contributed by atoms with van der Waals surface area (Å²) in [6.07, 6.45) is 6.45. The first kappa shape index (κ1) is 18.9. The molecule has 1 rings (SSSR count). The van der Waals surface area contributed by atoms with Crippen molar-refractivity contribution in [2.45, 2.75) is 84.8 Å². The number of nitrogens with zero attached hydrogens (tertiary/aromatic N) is 2. The van der Waals surface area contributed by atoms with E-state index >= 15 is 0 Å². The summed E-state index contributed by atoms with van der Waals surface area (Å²) in [6.45, 7) is 17.6. The molecule has 3 unspecified atom stereocenters. The zero-order valence-electron chi connectivity index (χ0n) is 15.2. The average Bonchev–Trinajstić information content (AvgIpc) is 2.96. The first-order chi connectivity index (χ1) is 10.2. The molecule has 1 fully saturated rings. The lowest BCUT2D eigenvalue weighted by molar-refractivity contribution is 0.154. The molecule has 3 heteroatoms. The van der Waals surface area contributed by atoms with Gasteiger partial charge in [0.25, 0.3) is 0 Å². The highest BCUT2D eigenvalue weighted by atomic mass is 15.3. The van der Waals surface area contributed by atoms with Gasteiger partial charge in [0.2, 0.25) is 0 Å². The predicted octanol–water partition coefficient (Wildman–Crippen LogP) is 3.35. The molecular formula is C18H39N3. The Morgan fingerprint density at radius 1 is 1.10 bits per heavy atom. The maximum Gasteiger partial charge on any atom is 0.0247 e. The van der Waals surface area contributed by atoms with Gasteiger partial charge in [-0.1, -0.05) is 41.0 Å². The van der Waals surface area contributed by atoms with Gasteiger partial charge < -0.3 is 5.32 Å². The molecular weight excluding hydrogens is 258 g/mol. The van der Waals surface area contributed by atoms with Crippen LogP contribution >= 0.6 is 0 Å². The van der Waals surface area contributed by atoms with Gasteiger partial charge in [0.05, 0.1) is 0 Å². The standard InChI is InChI=1S/C18H39N3/c1-6-11-17(19-13-7-2)18(8-3)21-14-12-16(15-21)20(9-4)10-5/h16-19H,6-15H2,1-5H3. The Kier molecular flexibility index (Phi) is 9.54. The van der Waals surface area contributed by atoms with Crippen LogP contribution in [0.1, 0.15) is 66.7 Å². The zero-order valence-corrected chi connectivity index (χ0v) is 15.2. The van der Waals surface area contributed by atoms with Crippen molar-refractivity contribution in [1.29, 1.82) is 0 Å². The van der Waals surface area contributed by atoms with E-state index in [2.05, 4.69) is 49.7 Å². The van der Waals surface area contributed by atoms with E-state index in [9.17, 15) is 0 Å². The Morgan fingerprint density at radius 3 is 2.33 bits per heavy atom. The summed E-state index contributed by atoms with van der Waals surface area (Å²) < 4.78 is 0. The Balaban J connectivity index is 2.61. The number of rotatable bonds is 11.